The second-order valence-corrected chi connectivity index (χ2v) is 14.7. The van der Waals surface area contributed by atoms with Crippen molar-refractivity contribution < 1.29 is 9.59 Å². The highest BCUT2D eigenvalue weighted by Crippen LogP contribution is 2.75. The van der Waals surface area contributed by atoms with Gasteiger partial charge in [-0.05, 0) is 97.2 Å². The molecule has 2 unspecified atom stereocenters. The Morgan fingerprint density at radius 3 is 2.25 bits per heavy atom. The van der Waals surface area contributed by atoms with Crippen molar-refractivity contribution in [2.45, 2.75) is 113 Å². The molecule has 0 N–H and O–H groups in total. The van der Waals surface area contributed by atoms with Gasteiger partial charge in [-0.2, -0.15) is 0 Å². The molecule has 2 heteroatoms. The maximum absolute atomic E-state index is 12.9. The van der Waals surface area contributed by atoms with Crippen LogP contribution in [0.2, 0.25) is 0 Å². The number of rotatable bonds is 1. The summed E-state index contributed by atoms with van der Waals surface area (Å²) in [5, 5.41) is 0. The third-order valence-corrected chi connectivity index (χ3v) is 12.7. The SMILES string of the molecule is CC1(C)CCC2(C=O)CC[C@]3(C)C(=CC[C@@H]4[C@@]5(C)CCC(=O)C(C)(C)[C@@H]5CC[C@]43C)C2C1. The molecule has 0 aromatic carbocycles. The summed E-state index contributed by atoms with van der Waals surface area (Å²) in [6.07, 6.45) is 15.0. The van der Waals surface area contributed by atoms with Crippen molar-refractivity contribution in [3.8, 4) is 0 Å². The van der Waals surface area contributed by atoms with Crippen LogP contribution >= 0.6 is 0 Å². The van der Waals surface area contributed by atoms with Crippen molar-refractivity contribution in [3.63, 3.8) is 0 Å². The minimum atomic E-state index is -0.189. The smallest absolute Gasteiger partial charge is 0.138 e. The highest BCUT2D eigenvalue weighted by molar-refractivity contribution is 5.85. The fourth-order valence-electron chi connectivity index (χ4n) is 10.3. The minimum absolute atomic E-state index is 0.121. The lowest BCUT2D eigenvalue weighted by atomic mass is 9.33. The third kappa shape index (κ3) is 2.65. The summed E-state index contributed by atoms with van der Waals surface area (Å²) in [6, 6.07) is 0. The zero-order valence-corrected chi connectivity index (χ0v) is 21.8. The first-order valence-corrected chi connectivity index (χ1v) is 13.5. The predicted octanol–water partition coefficient (Wildman–Crippen LogP) is 7.56. The average Bonchev–Trinajstić information content (AvgIpc) is 2.71. The van der Waals surface area contributed by atoms with Gasteiger partial charge in [0.25, 0.3) is 0 Å². The van der Waals surface area contributed by atoms with E-state index in [9.17, 15) is 9.59 Å². The highest BCUT2D eigenvalue weighted by Gasteiger charge is 2.68. The third-order valence-electron chi connectivity index (χ3n) is 12.7. The van der Waals surface area contributed by atoms with Crippen LogP contribution in [0.3, 0.4) is 0 Å². The molecule has 2 nitrogen and oxygen atoms in total. The minimum Gasteiger partial charge on any atom is -0.303 e. The standard InChI is InChI=1S/C30H46O2/c1-25(2)14-16-30(19-31)17-15-28(6)20(21(30)18-25)8-9-23-27(5)12-11-24(32)26(3,4)22(27)10-13-29(23,28)7/h8,19,21-23H,9-18H2,1-7H3/t21?,22-,23+,27-,28+,29+,30?/m0/s1. The summed E-state index contributed by atoms with van der Waals surface area (Å²) in [6.45, 7) is 17.0. The van der Waals surface area contributed by atoms with Gasteiger partial charge in [0.15, 0.2) is 0 Å². The molecule has 0 aliphatic heterocycles. The van der Waals surface area contributed by atoms with Gasteiger partial charge in [-0.1, -0.05) is 60.1 Å². The molecular weight excluding hydrogens is 392 g/mol. The zero-order chi connectivity index (χ0) is 23.4. The largest absolute Gasteiger partial charge is 0.303 e. The first-order chi connectivity index (χ1) is 14.8. The Morgan fingerprint density at radius 1 is 0.875 bits per heavy atom. The van der Waals surface area contributed by atoms with Gasteiger partial charge in [0.05, 0.1) is 0 Å². The molecule has 0 aromatic heterocycles. The van der Waals surface area contributed by atoms with E-state index in [4.69, 9.17) is 0 Å². The molecule has 5 aliphatic rings. The lowest BCUT2D eigenvalue weighted by Crippen LogP contribution is -2.64. The Labute approximate surface area is 196 Å². The van der Waals surface area contributed by atoms with E-state index in [-0.39, 0.29) is 27.1 Å². The first kappa shape index (κ1) is 22.9. The topological polar surface area (TPSA) is 34.1 Å². The zero-order valence-electron chi connectivity index (χ0n) is 21.8. The Bertz CT molecular complexity index is 879. The molecule has 5 aliphatic carbocycles. The van der Waals surface area contributed by atoms with E-state index in [1.807, 2.05) is 0 Å². The van der Waals surface area contributed by atoms with E-state index in [1.54, 1.807) is 5.57 Å². The maximum atomic E-state index is 12.9. The van der Waals surface area contributed by atoms with Crippen LogP contribution in [0, 0.1) is 50.2 Å². The molecule has 0 radical (unpaired) electrons. The number of carbonyl (C=O) groups is 2. The molecule has 32 heavy (non-hydrogen) atoms. The van der Waals surface area contributed by atoms with Crippen LogP contribution in [0.1, 0.15) is 113 Å². The predicted molar refractivity (Wildman–Crippen MR) is 130 cm³/mol. The van der Waals surface area contributed by atoms with E-state index in [0.717, 1.165) is 44.9 Å². The molecule has 0 bridgehead atoms. The van der Waals surface area contributed by atoms with Crippen LogP contribution in [0.5, 0.6) is 0 Å². The molecule has 0 amide bonds. The molecule has 178 valence electrons. The van der Waals surface area contributed by atoms with Crippen molar-refractivity contribution >= 4 is 12.1 Å². The van der Waals surface area contributed by atoms with E-state index in [2.05, 4.69) is 54.5 Å². The summed E-state index contributed by atoms with van der Waals surface area (Å²) in [7, 11) is 0. The molecule has 7 atom stereocenters. The van der Waals surface area contributed by atoms with Crippen LogP contribution in [-0.4, -0.2) is 12.1 Å². The van der Waals surface area contributed by atoms with E-state index in [0.29, 0.717) is 29.0 Å². The molecular formula is C30H46O2. The number of fused-ring (bicyclic) bond motifs is 7. The van der Waals surface area contributed by atoms with Gasteiger partial charge in [-0.25, -0.2) is 0 Å². The number of Topliss-reactive ketones (excluding diaryl/α,β-unsaturated/α-hetero) is 1. The summed E-state index contributed by atoms with van der Waals surface area (Å²) >= 11 is 0. The number of allylic oxidation sites excluding steroid dienone is 2. The van der Waals surface area contributed by atoms with Gasteiger partial charge in [-0.15, -0.1) is 0 Å². The Balaban J connectivity index is 1.59. The number of hydrogen-bond donors (Lipinski definition) is 0. The van der Waals surface area contributed by atoms with Gasteiger partial charge in [0, 0.05) is 17.3 Å². The lowest BCUT2D eigenvalue weighted by Gasteiger charge is -2.70. The molecule has 0 spiro atoms. The van der Waals surface area contributed by atoms with Crippen molar-refractivity contribution in [3.05, 3.63) is 11.6 Å². The van der Waals surface area contributed by atoms with Crippen molar-refractivity contribution in [1.82, 2.24) is 0 Å². The summed E-state index contributed by atoms with van der Waals surface area (Å²) in [5.41, 5.74) is 2.34. The number of aldehydes is 1. The molecule has 0 aromatic rings. The van der Waals surface area contributed by atoms with Crippen molar-refractivity contribution in [1.29, 1.82) is 0 Å². The van der Waals surface area contributed by atoms with Crippen LogP contribution in [0.15, 0.2) is 11.6 Å². The first-order valence-electron chi connectivity index (χ1n) is 13.5. The monoisotopic (exact) mass is 438 g/mol. The molecule has 0 heterocycles. The van der Waals surface area contributed by atoms with E-state index < -0.39 is 0 Å². The molecule has 0 saturated heterocycles. The molecule has 4 fully saturated rings. The number of hydrogen-bond acceptors (Lipinski definition) is 2. The Hall–Kier alpha value is -0.920. The van der Waals surface area contributed by atoms with Gasteiger partial charge < -0.3 is 4.79 Å². The lowest BCUT2D eigenvalue weighted by molar-refractivity contribution is -0.184. The van der Waals surface area contributed by atoms with Crippen molar-refractivity contribution in [2.24, 2.45) is 50.2 Å². The average molecular weight is 439 g/mol. The normalized spacial score (nSPS) is 51.4. The van der Waals surface area contributed by atoms with Crippen LogP contribution in [-0.2, 0) is 9.59 Å². The summed E-state index contributed by atoms with van der Waals surface area (Å²) < 4.78 is 0. The fourth-order valence-corrected chi connectivity index (χ4v) is 10.3. The summed E-state index contributed by atoms with van der Waals surface area (Å²) in [5.74, 6) is 2.05. The second-order valence-electron chi connectivity index (χ2n) is 14.7. The van der Waals surface area contributed by atoms with Crippen LogP contribution < -0.4 is 0 Å². The fraction of sp³-hybridized carbons (Fsp3) is 0.867. The van der Waals surface area contributed by atoms with E-state index >= 15 is 0 Å². The molecule has 4 saturated carbocycles. The number of ketones is 1. The highest BCUT2D eigenvalue weighted by atomic mass is 16.1. The summed E-state index contributed by atoms with van der Waals surface area (Å²) in [4.78, 5) is 25.4. The van der Waals surface area contributed by atoms with Gasteiger partial charge in [-0.3, -0.25) is 4.79 Å². The number of carbonyl (C=O) groups excluding carboxylic acids is 2. The van der Waals surface area contributed by atoms with Crippen LogP contribution in [0.25, 0.3) is 0 Å². The second kappa shape index (κ2) is 6.60. The van der Waals surface area contributed by atoms with E-state index in [1.165, 1.54) is 25.5 Å². The maximum Gasteiger partial charge on any atom is 0.138 e. The quantitative estimate of drug-likeness (QED) is 0.313. The molecule has 5 rings (SSSR count). The van der Waals surface area contributed by atoms with Gasteiger partial charge >= 0.3 is 0 Å². The Morgan fingerprint density at radius 2 is 1.56 bits per heavy atom. The van der Waals surface area contributed by atoms with Crippen LogP contribution in [0.4, 0.5) is 0 Å². The van der Waals surface area contributed by atoms with Gasteiger partial charge in [0.1, 0.15) is 12.1 Å². The Kier molecular flexibility index (Phi) is 4.71. The van der Waals surface area contributed by atoms with Crippen molar-refractivity contribution in [2.75, 3.05) is 0 Å². The van der Waals surface area contributed by atoms with Gasteiger partial charge in [0.2, 0.25) is 0 Å².